The molecule has 2 aromatic carbocycles. The van der Waals surface area contributed by atoms with Crippen LogP contribution in [0, 0.1) is 6.92 Å². The first-order valence-corrected chi connectivity index (χ1v) is 9.11. The fourth-order valence-electron chi connectivity index (χ4n) is 3.05. The van der Waals surface area contributed by atoms with Crippen LogP contribution in [0.15, 0.2) is 48.7 Å². The van der Waals surface area contributed by atoms with Gasteiger partial charge in [0.05, 0.1) is 11.1 Å². The number of nitrogens with one attached hydrogen (secondary N) is 1. The minimum Gasteiger partial charge on any atom is -0.423 e. The molecular formula is C19H18BN7O3. The molecule has 4 rings (SSSR count). The van der Waals surface area contributed by atoms with Crippen molar-refractivity contribution in [2.24, 2.45) is 5.73 Å². The second kappa shape index (κ2) is 7.89. The number of anilines is 1. The number of nitrogens with two attached hydrogens (primary N) is 1. The standard InChI is InChI=1S/C19H18BN7O3/c1-11-9-23-19(27-15-7-3-6-14(17(21)28)16(15)25-26-27)24-18(11)22-10-12-4-2-5-13(8-12)20(29)30/h2-9,29-30H,10H2,1H3,(H2,21,28)(H,22,23,24). The number of nitrogens with zero attached hydrogens (tertiary/aromatic N) is 5. The summed E-state index contributed by atoms with van der Waals surface area (Å²) >= 11 is 0. The van der Waals surface area contributed by atoms with E-state index in [1.165, 1.54) is 4.68 Å². The van der Waals surface area contributed by atoms with E-state index in [0.29, 0.717) is 28.9 Å². The number of hydrogen-bond acceptors (Lipinski definition) is 8. The molecule has 0 bridgehead atoms. The highest BCUT2D eigenvalue weighted by Gasteiger charge is 2.16. The first-order valence-electron chi connectivity index (χ1n) is 9.11. The number of aromatic nitrogens is 5. The summed E-state index contributed by atoms with van der Waals surface area (Å²) in [5.41, 5.74) is 8.71. The first kappa shape index (κ1) is 19.5. The molecule has 0 aliphatic heterocycles. The molecule has 150 valence electrons. The van der Waals surface area contributed by atoms with Crippen LogP contribution in [0.4, 0.5) is 5.82 Å². The summed E-state index contributed by atoms with van der Waals surface area (Å²) in [4.78, 5) is 20.5. The third-order valence-electron chi connectivity index (χ3n) is 4.60. The van der Waals surface area contributed by atoms with E-state index in [9.17, 15) is 14.8 Å². The maximum atomic E-state index is 11.6. The lowest BCUT2D eigenvalue weighted by atomic mass is 9.80. The normalized spacial score (nSPS) is 10.9. The van der Waals surface area contributed by atoms with Crippen molar-refractivity contribution in [3.05, 3.63) is 65.4 Å². The zero-order valence-electron chi connectivity index (χ0n) is 16.0. The number of fused-ring (bicyclic) bond motifs is 1. The molecule has 0 saturated heterocycles. The van der Waals surface area contributed by atoms with Crippen LogP contribution in [0.2, 0.25) is 0 Å². The zero-order valence-corrected chi connectivity index (χ0v) is 16.0. The number of rotatable bonds is 6. The summed E-state index contributed by atoms with van der Waals surface area (Å²) in [5, 5.41) is 30.0. The molecule has 0 saturated carbocycles. The highest BCUT2D eigenvalue weighted by Crippen LogP contribution is 2.19. The van der Waals surface area contributed by atoms with Gasteiger partial charge in [-0.1, -0.05) is 35.5 Å². The fraction of sp³-hybridized carbons (Fsp3) is 0.105. The van der Waals surface area contributed by atoms with Crippen LogP contribution in [0.5, 0.6) is 0 Å². The van der Waals surface area contributed by atoms with Crippen molar-refractivity contribution >= 4 is 35.3 Å². The van der Waals surface area contributed by atoms with Gasteiger partial charge in [-0.25, -0.2) is 4.98 Å². The van der Waals surface area contributed by atoms with Gasteiger partial charge < -0.3 is 21.1 Å². The third kappa shape index (κ3) is 3.71. The van der Waals surface area contributed by atoms with E-state index in [0.717, 1.165) is 11.1 Å². The number of carbonyl (C=O) groups excluding carboxylic acids is 1. The Hall–Kier alpha value is -3.83. The van der Waals surface area contributed by atoms with Gasteiger partial charge in [-0.3, -0.25) is 4.79 Å². The van der Waals surface area contributed by atoms with Gasteiger partial charge in [-0.05, 0) is 30.1 Å². The molecule has 11 heteroatoms. The Morgan fingerprint density at radius 1 is 1.23 bits per heavy atom. The van der Waals surface area contributed by atoms with Crippen LogP contribution >= 0.6 is 0 Å². The van der Waals surface area contributed by atoms with Crippen molar-refractivity contribution in [2.45, 2.75) is 13.5 Å². The van der Waals surface area contributed by atoms with Gasteiger partial charge in [0.2, 0.25) is 0 Å². The fourth-order valence-corrected chi connectivity index (χ4v) is 3.05. The molecule has 30 heavy (non-hydrogen) atoms. The lowest BCUT2D eigenvalue weighted by molar-refractivity contribution is 0.100. The van der Waals surface area contributed by atoms with E-state index >= 15 is 0 Å². The first-order chi connectivity index (χ1) is 14.4. The Kier molecular flexibility index (Phi) is 5.13. The van der Waals surface area contributed by atoms with Crippen LogP contribution in [0.3, 0.4) is 0 Å². The van der Waals surface area contributed by atoms with Gasteiger partial charge in [0.15, 0.2) is 0 Å². The van der Waals surface area contributed by atoms with E-state index in [2.05, 4.69) is 25.6 Å². The number of hydrogen-bond donors (Lipinski definition) is 4. The molecule has 5 N–H and O–H groups in total. The molecule has 2 aromatic heterocycles. The Labute approximate surface area is 171 Å². The van der Waals surface area contributed by atoms with Gasteiger partial charge >= 0.3 is 7.12 Å². The monoisotopic (exact) mass is 403 g/mol. The summed E-state index contributed by atoms with van der Waals surface area (Å²) in [5.74, 6) is 0.284. The van der Waals surface area contributed by atoms with Crippen molar-refractivity contribution in [1.29, 1.82) is 0 Å². The summed E-state index contributed by atoms with van der Waals surface area (Å²) < 4.78 is 1.44. The lowest BCUT2D eigenvalue weighted by Gasteiger charge is -2.11. The summed E-state index contributed by atoms with van der Waals surface area (Å²) in [6.45, 7) is 2.28. The van der Waals surface area contributed by atoms with Crippen LogP contribution in [0.1, 0.15) is 21.5 Å². The summed E-state index contributed by atoms with van der Waals surface area (Å²) in [7, 11) is -1.52. The molecule has 2 heterocycles. The van der Waals surface area contributed by atoms with Crippen LogP contribution in [-0.2, 0) is 6.54 Å². The highest BCUT2D eigenvalue weighted by atomic mass is 16.4. The Balaban J connectivity index is 1.64. The third-order valence-corrected chi connectivity index (χ3v) is 4.60. The number of amides is 1. The van der Waals surface area contributed by atoms with E-state index in [-0.39, 0.29) is 11.5 Å². The van der Waals surface area contributed by atoms with Crippen molar-refractivity contribution in [1.82, 2.24) is 25.0 Å². The predicted octanol–water partition coefficient (Wildman–Crippen LogP) is -0.0903. The zero-order chi connectivity index (χ0) is 21.3. The molecule has 0 spiro atoms. The van der Waals surface area contributed by atoms with Gasteiger partial charge in [0.1, 0.15) is 11.3 Å². The molecule has 1 amide bonds. The predicted molar refractivity (Wildman–Crippen MR) is 111 cm³/mol. The second-order valence-corrected chi connectivity index (χ2v) is 6.71. The maximum absolute atomic E-state index is 11.6. The summed E-state index contributed by atoms with van der Waals surface area (Å²) in [6, 6.07) is 12.0. The molecule has 0 aliphatic rings. The van der Waals surface area contributed by atoms with Crippen molar-refractivity contribution in [2.75, 3.05) is 5.32 Å². The maximum Gasteiger partial charge on any atom is 0.488 e. The molecule has 4 aromatic rings. The number of aryl methyl sites for hydroxylation is 1. The van der Waals surface area contributed by atoms with E-state index in [4.69, 9.17) is 5.73 Å². The van der Waals surface area contributed by atoms with E-state index in [1.54, 1.807) is 42.6 Å². The molecule has 0 atom stereocenters. The number of primary amides is 1. The van der Waals surface area contributed by atoms with Crippen molar-refractivity contribution in [3.8, 4) is 5.95 Å². The molecule has 10 nitrogen and oxygen atoms in total. The highest BCUT2D eigenvalue weighted by molar-refractivity contribution is 6.58. The average molecular weight is 403 g/mol. The quantitative estimate of drug-likeness (QED) is 0.326. The van der Waals surface area contributed by atoms with Gasteiger partial charge in [0.25, 0.3) is 11.9 Å². The second-order valence-electron chi connectivity index (χ2n) is 6.71. The Morgan fingerprint density at radius 3 is 2.80 bits per heavy atom. The molecule has 0 unspecified atom stereocenters. The largest absolute Gasteiger partial charge is 0.488 e. The Bertz CT molecular complexity index is 1240. The smallest absolute Gasteiger partial charge is 0.423 e. The topological polar surface area (TPSA) is 152 Å². The van der Waals surface area contributed by atoms with Gasteiger partial charge in [-0.15, -0.1) is 5.10 Å². The Morgan fingerprint density at radius 2 is 2.03 bits per heavy atom. The van der Waals surface area contributed by atoms with E-state index < -0.39 is 13.0 Å². The van der Waals surface area contributed by atoms with Gasteiger partial charge in [0, 0.05) is 18.3 Å². The van der Waals surface area contributed by atoms with Crippen LogP contribution in [0.25, 0.3) is 17.0 Å². The van der Waals surface area contributed by atoms with Crippen LogP contribution < -0.4 is 16.5 Å². The molecule has 0 aliphatic carbocycles. The minimum atomic E-state index is -1.52. The average Bonchev–Trinajstić information content (AvgIpc) is 3.17. The lowest BCUT2D eigenvalue weighted by Crippen LogP contribution is -2.30. The molecule has 0 radical (unpaired) electrons. The number of carbonyl (C=O) groups is 1. The molecule has 0 fully saturated rings. The van der Waals surface area contributed by atoms with Crippen LogP contribution in [-0.4, -0.2) is 48.0 Å². The van der Waals surface area contributed by atoms with Gasteiger partial charge in [-0.2, -0.15) is 9.67 Å². The minimum absolute atomic E-state index is 0.273. The SMILES string of the molecule is Cc1cnc(-n2nnc3c(C(N)=O)cccc32)nc1NCc1cccc(B(O)O)c1. The number of benzene rings is 2. The molecular weight excluding hydrogens is 385 g/mol. The van der Waals surface area contributed by atoms with Crippen molar-refractivity contribution < 1.29 is 14.8 Å². The van der Waals surface area contributed by atoms with Crippen molar-refractivity contribution in [3.63, 3.8) is 0 Å². The van der Waals surface area contributed by atoms with E-state index in [1.807, 2.05) is 13.0 Å². The summed E-state index contributed by atoms with van der Waals surface area (Å²) in [6.07, 6.45) is 1.66.